The molecule has 0 aromatic rings. The smallest absolute Gasteiger partial charge is 0.268 e. The van der Waals surface area contributed by atoms with Gasteiger partial charge in [-0.25, -0.2) is 0 Å². The van der Waals surface area contributed by atoms with Crippen molar-refractivity contribution in [2.45, 2.75) is 63.7 Å². The molecule has 0 bridgehead atoms. The first-order valence-electron chi connectivity index (χ1n) is 7.23. The Hall–Kier alpha value is -0.550. The number of thioether (sulfide) groups is 1. The highest BCUT2D eigenvalue weighted by molar-refractivity contribution is 8.16. The number of hydrogen-bond acceptors (Lipinski definition) is 4. The van der Waals surface area contributed by atoms with Crippen molar-refractivity contribution in [3.8, 4) is 0 Å². The van der Waals surface area contributed by atoms with Crippen molar-refractivity contribution >= 4 is 22.8 Å². The van der Waals surface area contributed by atoms with E-state index in [9.17, 15) is 4.79 Å². The molecular formula is C14H26N2O2S. The Balaban J connectivity index is 0.000000218. The molecule has 0 aromatic carbocycles. The molecule has 0 radical (unpaired) electrons. The van der Waals surface area contributed by atoms with Gasteiger partial charge in [-0.1, -0.05) is 44.9 Å². The van der Waals surface area contributed by atoms with Crippen LogP contribution in [-0.4, -0.2) is 29.7 Å². The monoisotopic (exact) mass is 286 g/mol. The van der Waals surface area contributed by atoms with Crippen LogP contribution in [0.5, 0.6) is 0 Å². The zero-order chi connectivity index (χ0) is 14.1. The summed E-state index contributed by atoms with van der Waals surface area (Å²) in [5.74, 6) is -0.130. The third kappa shape index (κ3) is 5.53. The molecule has 1 amide bonds. The maximum absolute atomic E-state index is 11.3. The van der Waals surface area contributed by atoms with Crippen LogP contribution in [0.3, 0.4) is 0 Å². The van der Waals surface area contributed by atoms with Gasteiger partial charge in [0, 0.05) is 13.7 Å². The van der Waals surface area contributed by atoms with E-state index in [2.05, 4.69) is 10.3 Å². The molecule has 4 nitrogen and oxygen atoms in total. The highest BCUT2D eigenvalue weighted by Crippen LogP contribution is 2.32. The van der Waals surface area contributed by atoms with Gasteiger partial charge in [0.1, 0.15) is 0 Å². The lowest BCUT2D eigenvalue weighted by Gasteiger charge is -2.17. The van der Waals surface area contributed by atoms with Crippen LogP contribution in [0.15, 0.2) is 4.99 Å². The van der Waals surface area contributed by atoms with Crippen molar-refractivity contribution in [3.05, 3.63) is 0 Å². The maximum atomic E-state index is 11.3. The number of hydrogen-bond donors (Lipinski definition) is 1. The molecule has 1 aliphatic heterocycles. The van der Waals surface area contributed by atoms with Gasteiger partial charge in [0.25, 0.3) is 5.91 Å². The molecule has 1 heterocycles. The van der Waals surface area contributed by atoms with Crippen LogP contribution >= 0.6 is 11.8 Å². The van der Waals surface area contributed by atoms with E-state index in [1.165, 1.54) is 56.7 Å². The molecule has 5 heteroatoms. The summed E-state index contributed by atoms with van der Waals surface area (Å²) in [6, 6.07) is 0. The lowest BCUT2D eigenvalue weighted by atomic mass is 10.2. The minimum absolute atomic E-state index is 0.130. The molecule has 110 valence electrons. The van der Waals surface area contributed by atoms with E-state index in [4.69, 9.17) is 4.74 Å². The number of aliphatic imine (C=N–C) groups is 1. The molecule has 19 heavy (non-hydrogen) atoms. The van der Waals surface area contributed by atoms with E-state index in [-0.39, 0.29) is 5.91 Å². The van der Waals surface area contributed by atoms with Gasteiger partial charge < -0.3 is 10.1 Å². The number of carbonyl (C=O) groups excluding carboxylic acids is 1. The lowest BCUT2D eigenvalue weighted by Crippen LogP contribution is -2.36. The fourth-order valence-corrected chi connectivity index (χ4v) is 3.10. The van der Waals surface area contributed by atoms with Crippen LogP contribution in [0.4, 0.5) is 0 Å². The largest absolute Gasteiger partial charge is 0.355 e. The van der Waals surface area contributed by atoms with Crippen molar-refractivity contribution in [1.82, 2.24) is 5.32 Å². The van der Waals surface area contributed by atoms with Gasteiger partial charge in [-0.3, -0.25) is 9.79 Å². The Morgan fingerprint density at radius 1 is 1.21 bits per heavy atom. The quantitative estimate of drug-likeness (QED) is 0.792. The third-order valence-corrected chi connectivity index (χ3v) is 4.47. The van der Waals surface area contributed by atoms with Crippen LogP contribution in [0.2, 0.25) is 0 Å². The topological polar surface area (TPSA) is 50.7 Å². The summed E-state index contributed by atoms with van der Waals surface area (Å²) >= 11 is 1.31. The first kappa shape index (κ1) is 16.5. The number of rotatable bonds is 2. The Labute approximate surface area is 120 Å². The van der Waals surface area contributed by atoms with E-state index in [0.717, 1.165) is 0 Å². The standard InChI is InChI=1S/C7H12N2O2S.C7H14/c1-4-11-7(2)5(10)9-6(8-3)12-7;1-2-4-6-7-5-3-1/h4H2,1-3H3,(H,8,9,10);1-7H2. The summed E-state index contributed by atoms with van der Waals surface area (Å²) in [5.41, 5.74) is 0. The molecule has 0 spiro atoms. The normalized spacial score (nSPS) is 29.4. The fraction of sp³-hybridized carbons (Fsp3) is 0.857. The molecule has 2 rings (SSSR count). The molecule has 1 aliphatic carbocycles. The van der Waals surface area contributed by atoms with E-state index in [1.807, 2.05) is 6.92 Å². The molecular weight excluding hydrogens is 260 g/mol. The average Bonchev–Trinajstić information content (AvgIpc) is 2.64. The Bertz CT molecular complexity index is 301. The van der Waals surface area contributed by atoms with Gasteiger partial charge >= 0.3 is 0 Å². The van der Waals surface area contributed by atoms with E-state index in [1.54, 1.807) is 14.0 Å². The highest BCUT2D eigenvalue weighted by atomic mass is 32.2. The zero-order valence-electron chi connectivity index (χ0n) is 12.3. The average molecular weight is 286 g/mol. The zero-order valence-corrected chi connectivity index (χ0v) is 13.1. The molecule has 1 saturated carbocycles. The summed E-state index contributed by atoms with van der Waals surface area (Å²) in [6.45, 7) is 4.13. The first-order chi connectivity index (χ1) is 9.12. The van der Waals surface area contributed by atoms with Crippen LogP contribution in [-0.2, 0) is 9.53 Å². The van der Waals surface area contributed by atoms with E-state index >= 15 is 0 Å². The SMILES string of the molecule is C1CCCCCC1.CCOC1(C)SC(=NC)NC1=O. The van der Waals surface area contributed by atoms with Crippen molar-refractivity contribution < 1.29 is 9.53 Å². The number of carbonyl (C=O) groups is 1. The van der Waals surface area contributed by atoms with Gasteiger partial charge in [0.15, 0.2) is 10.1 Å². The predicted octanol–water partition coefficient (Wildman–Crippen LogP) is 3.32. The van der Waals surface area contributed by atoms with Gasteiger partial charge in [-0.2, -0.15) is 0 Å². The molecule has 2 aliphatic rings. The van der Waals surface area contributed by atoms with Crippen LogP contribution in [0.1, 0.15) is 58.8 Å². The molecule has 1 unspecified atom stereocenters. The van der Waals surface area contributed by atoms with Gasteiger partial charge in [-0.05, 0) is 25.6 Å². The second kappa shape index (κ2) is 8.59. The van der Waals surface area contributed by atoms with Crippen molar-refractivity contribution in [3.63, 3.8) is 0 Å². The lowest BCUT2D eigenvalue weighted by molar-refractivity contribution is -0.132. The highest BCUT2D eigenvalue weighted by Gasteiger charge is 2.43. The summed E-state index contributed by atoms with van der Waals surface area (Å²) in [4.78, 5) is 14.4. The number of nitrogens with zero attached hydrogens (tertiary/aromatic N) is 1. The molecule has 1 atom stereocenters. The minimum atomic E-state index is -0.788. The van der Waals surface area contributed by atoms with Gasteiger partial charge in [0.05, 0.1) is 0 Å². The van der Waals surface area contributed by atoms with Crippen LogP contribution < -0.4 is 5.32 Å². The summed E-state index contributed by atoms with van der Waals surface area (Å²) < 4.78 is 5.30. The number of amidine groups is 1. The Morgan fingerprint density at radius 3 is 2.00 bits per heavy atom. The fourth-order valence-electron chi connectivity index (χ4n) is 2.18. The van der Waals surface area contributed by atoms with Crippen LogP contribution in [0.25, 0.3) is 0 Å². The van der Waals surface area contributed by atoms with Crippen molar-refractivity contribution in [1.29, 1.82) is 0 Å². The second-order valence-electron chi connectivity index (χ2n) is 4.94. The van der Waals surface area contributed by atoms with E-state index in [0.29, 0.717) is 11.8 Å². The number of amides is 1. The predicted molar refractivity (Wildman–Crippen MR) is 81.4 cm³/mol. The first-order valence-corrected chi connectivity index (χ1v) is 8.05. The Morgan fingerprint density at radius 2 is 1.68 bits per heavy atom. The van der Waals surface area contributed by atoms with Crippen LogP contribution in [0, 0.1) is 0 Å². The molecule has 0 aromatic heterocycles. The Kier molecular flexibility index (Phi) is 7.46. The van der Waals surface area contributed by atoms with Crippen molar-refractivity contribution in [2.24, 2.45) is 4.99 Å². The van der Waals surface area contributed by atoms with E-state index < -0.39 is 4.93 Å². The summed E-state index contributed by atoms with van der Waals surface area (Å²) in [6.07, 6.45) is 10.5. The molecule has 1 saturated heterocycles. The minimum Gasteiger partial charge on any atom is -0.355 e. The summed E-state index contributed by atoms with van der Waals surface area (Å²) in [7, 11) is 1.64. The number of nitrogens with one attached hydrogen (secondary N) is 1. The van der Waals surface area contributed by atoms with Crippen molar-refractivity contribution in [2.75, 3.05) is 13.7 Å². The molecule has 2 fully saturated rings. The van der Waals surface area contributed by atoms with Gasteiger partial charge in [0.2, 0.25) is 0 Å². The molecule has 1 N–H and O–H groups in total. The van der Waals surface area contributed by atoms with Gasteiger partial charge in [-0.15, -0.1) is 0 Å². The maximum Gasteiger partial charge on any atom is 0.268 e. The third-order valence-electron chi connectivity index (χ3n) is 3.30. The summed E-state index contributed by atoms with van der Waals surface area (Å²) in [5, 5.41) is 3.25. The number of ether oxygens (including phenoxy) is 1. The second-order valence-corrected chi connectivity index (χ2v) is 6.31.